The second-order valence-electron chi connectivity index (χ2n) is 5.62. The summed E-state index contributed by atoms with van der Waals surface area (Å²) in [5.74, 6) is 0.175. The largest absolute Gasteiger partial charge is 0.335 e. The number of fused-ring (bicyclic) bond motifs is 2. The van der Waals surface area contributed by atoms with Gasteiger partial charge in [-0.15, -0.1) is 11.3 Å². The highest BCUT2D eigenvalue weighted by Crippen LogP contribution is 2.31. The molecule has 1 aromatic heterocycles. The molecular weight excluding hydrogens is 258 g/mol. The molecule has 1 aromatic rings. The predicted molar refractivity (Wildman–Crippen MR) is 76.5 cm³/mol. The number of thiazole rings is 1. The normalized spacial score (nSPS) is 29.5. The van der Waals surface area contributed by atoms with Crippen LogP contribution < -0.4 is 5.32 Å². The second kappa shape index (κ2) is 5.21. The number of nitrogens with zero attached hydrogens (tertiary/aromatic N) is 2. The number of hydrogen-bond acceptors (Lipinski definition) is 4. The molecule has 0 spiro atoms. The van der Waals surface area contributed by atoms with E-state index in [4.69, 9.17) is 0 Å². The molecule has 4 nitrogen and oxygen atoms in total. The van der Waals surface area contributed by atoms with Gasteiger partial charge in [-0.3, -0.25) is 4.79 Å². The van der Waals surface area contributed by atoms with Gasteiger partial charge in [0, 0.05) is 24.7 Å². The van der Waals surface area contributed by atoms with Crippen molar-refractivity contribution in [2.45, 2.75) is 57.7 Å². The van der Waals surface area contributed by atoms with E-state index in [-0.39, 0.29) is 5.91 Å². The van der Waals surface area contributed by atoms with E-state index in [0.29, 0.717) is 18.1 Å². The number of aromatic nitrogens is 1. The van der Waals surface area contributed by atoms with Crippen LogP contribution in [0.3, 0.4) is 0 Å². The number of piperidine rings is 1. The van der Waals surface area contributed by atoms with Gasteiger partial charge in [0.05, 0.1) is 11.2 Å². The number of hydrogen-bond donors (Lipinski definition) is 1. The van der Waals surface area contributed by atoms with Crippen LogP contribution in [0.15, 0.2) is 5.51 Å². The van der Waals surface area contributed by atoms with Crippen LogP contribution in [0.1, 0.15) is 48.0 Å². The second-order valence-corrected chi connectivity index (χ2v) is 6.48. The Hall–Kier alpha value is -0.940. The molecule has 2 saturated heterocycles. The highest BCUT2D eigenvalue weighted by molar-refractivity contribution is 7.11. The Morgan fingerprint density at radius 3 is 2.68 bits per heavy atom. The fraction of sp³-hybridized carbons (Fsp3) is 0.714. The molecule has 2 aliphatic rings. The number of rotatable bonds is 3. The third-order valence-electron chi connectivity index (χ3n) is 4.43. The van der Waals surface area contributed by atoms with Gasteiger partial charge in [-0.2, -0.15) is 0 Å². The Labute approximate surface area is 118 Å². The van der Waals surface area contributed by atoms with E-state index in [2.05, 4.69) is 22.1 Å². The summed E-state index contributed by atoms with van der Waals surface area (Å²) in [6.07, 6.45) is 4.75. The summed E-state index contributed by atoms with van der Waals surface area (Å²) >= 11 is 1.46. The first-order valence-corrected chi connectivity index (χ1v) is 8.04. The van der Waals surface area contributed by atoms with Crippen LogP contribution in [-0.2, 0) is 0 Å². The van der Waals surface area contributed by atoms with Crippen molar-refractivity contribution in [1.29, 1.82) is 0 Å². The highest BCUT2D eigenvalue weighted by atomic mass is 32.1. The third kappa shape index (κ3) is 2.41. The van der Waals surface area contributed by atoms with Gasteiger partial charge in [-0.25, -0.2) is 4.98 Å². The summed E-state index contributed by atoms with van der Waals surface area (Å²) in [5.41, 5.74) is 2.63. The fourth-order valence-electron chi connectivity index (χ4n) is 3.49. The zero-order valence-corrected chi connectivity index (χ0v) is 12.4. The smallest absolute Gasteiger partial charge is 0.266 e. The lowest BCUT2D eigenvalue weighted by Gasteiger charge is -2.37. The number of nitrogens with one attached hydrogen (secondary N) is 1. The average Bonchev–Trinajstić information content (AvgIpc) is 2.96. The Morgan fingerprint density at radius 1 is 1.47 bits per heavy atom. The molecule has 3 rings (SSSR count). The van der Waals surface area contributed by atoms with Crippen LogP contribution in [0.2, 0.25) is 0 Å². The summed E-state index contributed by atoms with van der Waals surface area (Å²) in [4.78, 5) is 19.7. The van der Waals surface area contributed by atoms with Crippen LogP contribution in [-0.4, -0.2) is 40.5 Å². The minimum atomic E-state index is 0.175. The van der Waals surface area contributed by atoms with Crippen LogP contribution in [0, 0.1) is 6.92 Å². The Balaban J connectivity index is 1.77. The van der Waals surface area contributed by atoms with E-state index in [1.165, 1.54) is 24.2 Å². The Bertz CT molecular complexity index is 461. The van der Waals surface area contributed by atoms with Crippen molar-refractivity contribution in [2.75, 3.05) is 6.54 Å². The maximum absolute atomic E-state index is 12.7. The van der Waals surface area contributed by atoms with Crippen LogP contribution >= 0.6 is 11.3 Å². The first-order valence-electron chi connectivity index (χ1n) is 7.16. The van der Waals surface area contributed by atoms with Crippen molar-refractivity contribution >= 4 is 17.2 Å². The molecule has 0 aromatic carbocycles. The zero-order chi connectivity index (χ0) is 13.4. The standard InChI is InChI=1S/C14H21N3OS/c1-3-17(14(18)13-9(2)15-8-19-13)12-6-10-4-5-11(7-12)16-10/h8,10-12,16H,3-7H2,1-2H3. The minimum absolute atomic E-state index is 0.175. The number of carbonyl (C=O) groups is 1. The molecule has 2 aliphatic heterocycles. The van der Waals surface area contributed by atoms with Gasteiger partial charge < -0.3 is 10.2 Å². The molecule has 2 unspecified atom stereocenters. The zero-order valence-electron chi connectivity index (χ0n) is 11.6. The molecule has 19 heavy (non-hydrogen) atoms. The molecular formula is C14H21N3OS. The molecule has 0 aliphatic carbocycles. The average molecular weight is 279 g/mol. The van der Waals surface area contributed by atoms with E-state index in [1.54, 1.807) is 5.51 Å². The monoisotopic (exact) mass is 279 g/mol. The van der Waals surface area contributed by atoms with Crippen molar-refractivity contribution < 1.29 is 4.79 Å². The summed E-state index contributed by atoms with van der Waals surface area (Å²) < 4.78 is 0. The van der Waals surface area contributed by atoms with Crippen LogP contribution in [0.4, 0.5) is 0 Å². The van der Waals surface area contributed by atoms with Gasteiger partial charge in [0.1, 0.15) is 4.88 Å². The van der Waals surface area contributed by atoms with E-state index in [9.17, 15) is 4.79 Å². The number of carbonyl (C=O) groups excluding carboxylic acids is 1. The SMILES string of the molecule is CCN(C(=O)c1scnc1C)C1CC2CCC(C1)N2. The lowest BCUT2D eigenvalue weighted by atomic mass is 9.98. The Kier molecular flexibility index (Phi) is 3.58. The van der Waals surface area contributed by atoms with Crippen LogP contribution in [0.5, 0.6) is 0 Å². The molecule has 0 saturated carbocycles. The van der Waals surface area contributed by atoms with Gasteiger partial charge >= 0.3 is 0 Å². The lowest BCUT2D eigenvalue weighted by Crippen LogP contribution is -2.50. The van der Waals surface area contributed by atoms with Gasteiger partial charge in [0.15, 0.2) is 0 Å². The van der Waals surface area contributed by atoms with Gasteiger partial charge in [0.25, 0.3) is 5.91 Å². The first kappa shape index (κ1) is 13.1. The quantitative estimate of drug-likeness (QED) is 0.922. The number of aryl methyl sites for hydroxylation is 1. The van der Waals surface area contributed by atoms with Crippen molar-refractivity contribution in [3.05, 3.63) is 16.1 Å². The lowest BCUT2D eigenvalue weighted by molar-refractivity contribution is 0.0635. The van der Waals surface area contributed by atoms with Crippen molar-refractivity contribution in [3.8, 4) is 0 Å². The first-order chi connectivity index (χ1) is 9.19. The predicted octanol–water partition coefficient (Wildman–Crippen LogP) is 2.20. The molecule has 0 radical (unpaired) electrons. The van der Waals surface area contributed by atoms with Crippen molar-refractivity contribution in [3.63, 3.8) is 0 Å². The van der Waals surface area contributed by atoms with E-state index in [0.717, 1.165) is 30.0 Å². The van der Waals surface area contributed by atoms with E-state index in [1.807, 2.05) is 6.92 Å². The molecule has 1 N–H and O–H groups in total. The summed E-state index contributed by atoms with van der Waals surface area (Å²) in [5, 5.41) is 3.64. The van der Waals surface area contributed by atoms with Crippen LogP contribution in [0.25, 0.3) is 0 Å². The van der Waals surface area contributed by atoms with Crippen molar-refractivity contribution in [1.82, 2.24) is 15.2 Å². The molecule has 3 heterocycles. The molecule has 2 fully saturated rings. The molecule has 2 atom stereocenters. The maximum Gasteiger partial charge on any atom is 0.266 e. The van der Waals surface area contributed by atoms with E-state index >= 15 is 0 Å². The molecule has 104 valence electrons. The Morgan fingerprint density at radius 2 is 2.16 bits per heavy atom. The van der Waals surface area contributed by atoms with E-state index < -0.39 is 0 Å². The van der Waals surface area contributed by atoms with Gasteiger partial charge in [-0.05, 0) is 39.5 Å². The minimum Gasteiger partial charge on any atom is -0.335 e. The van der Waals surface area contributed by atoms with Crippen molar-refractivity contribution in [2.24, 2.45) is 0 Å². The fourth-order valence-corrected chi connectivity index (χ4v) is 4.24. The maximum atomic E-state index is 12.7. The molecule has 5 heteroatoms. The third-order valence-corrected chi connectivity index (χ3v) is 5.35. The highest BCUT2D eigenvalue weighted by Gasteiger charge is 2.37. The van der Waals surface area contributed by atoms with Gasteiger partial charge in [0.2, 0.25) is 0 Å². The molecule has 2 bridgehead atoms. The van der Waals surface area contributed by atoms with Gasteiger partial charge in [-0.1, -0.05) is 0 Å². The summed E-state index contributed by atoms with van der Waals surface area (Å²) in [7, 11) is 0. The topological polar surface area (TPSA) is 45.2 Å². The molecule has 1 amide bonds. The number of amides is 1. The summed E-state index contributed by atoms with van der Waals surface area (Å²) in [6, 6.07) is 1.64. The summed E-state index contributed by atoms with van der Waals surface area (Å²) in [6.45, 7) is 4.79.